The first kappa shape index (κ1) is 16.0. The lowest BCUT2D eigenvalue weighted by Crippen LogP contribution is -2.27. The Morgan fingerprint density at radius 2 is 1.89 bits per heavy atom. The predicted octanol–water partition coefficient (Wildman–Crippen LogP) is 2.52. The molecule has 0 aliphatic rings. The number of likely N-dealkylation sites (N-methyl/N-ethyl adjacent to an activating group) is 1. The zero-order valence-corrected chi connectivity index (χ0v) is 13.0. The summed E-state index contributed by atoms with van der Waals surface area (Å²) in [6.45, 7) is 8.44. The summed E-state index contributed by atoms with van der Waals surface area (Å²) in [5, 5.41) is 0. The summed E-state index contributed by atoms with van der Waals surface area (Å²) in [6, 6.07) is 4.66. The number of nitrogens with zero attached hydrogens (tertiary/aromatic N) is 1. The van der Waals surface area contributed by atoms with E-state index >= 15 is 0 Å². The number of ether oxygens (including phenoxy) is 1. The van der Waals surface area contributed by atoms with Gasteiger partial charge in [-0.05, 0) is 70.0 Å². The third-order valence-electron chi connectivity index (χ3n) is 3.58. The van der Waals surface area contributed by atoms with Crippen molar-refractivity contribution >= 4 is 0 Å². The topological polar surface area (TPSA) is 38.5 Å². The van der Waals surface area contributed by atoms with Crippen LogP contribution in [0.5, 0.6) is 5.75 Å². The normalized spacial score (nSPS) is 12.8. The molecule has 19 heavy (non-hydrogen) atoms. The standard InChI is InChI=1S/C16H28N2O/c1-12-11-16(19-5)13(2)10-15(12)7-9-18(4)8-6-14(3)17/h10-11,14H,6-9,17H2,1-5H3. The molecular weight excluding hydrogens is 236 g/mol. The van der Waals surface area contributed by atoms with Crippen LogP contribution in [0.3, 0.4) is 0 Å². The van der Waals surface area contributed by atoms with E-state index in [2.05, 4.69) is 44.9 Å². The van der Waals surface area contributed by atoms with E-state index in [4.69, 9.17) is 10.5 Å². The Morgan fingerprint density at radius 1 is 1.21 bits per heavy atom. The highest BCUT2D eigenvalue weighted by molar-refractivity contribution is 5.41. The molecule has 0 aromatic heterocycles. The van der Waals surface area contributed by atoms with Crippen LogP contribution < -0.4 is 10.5 Å². The van der Waals surface area contributed by atoms with Crippen molar-refractivity contribution in [2.75, 3.05) is 27.2 Å². The van der Waals surface area contributed by atoms with Crippen molar-refractivity contribution in [3.05, 3.63) is 28.8 Å². The second kappa shape index (κ2) is 7.51. The summed E-state index contributed by atoms with van der Waals surface area (Å²) in [5.41, 5.74) is 9.71. The van der Waals surface area contributed by atoms with Gasteiger partial charge in [0.25, 0.3) is 0 Å². The maximum atomic E-state index is 5.78. The molecule has 1 aromatic rings. The molecule has 1 aromatic carbocycles. The van der Waals surface area contributed by atoms with Crippen LogP contribution in [0.15, 0.2) is 12.1 Å². The van der Waals surface area contributed by atoms with Crippen LogP contribution in [0.25, 0.3) is 0 Å². The Kier molecular flexibility index (Phi) is 6.32. The molecule has 0 amide bonds. The van der Waals surface area contributed by atoms with Crippen molar-refractivity contribution in [2.24, 2.45) is 5.73 Å². The van der Waals surface area contributed by atoms with Gasteiger partial charge in [0.2, 0.25) is 0 Å². The lowest BCUT2D eigenvalue weighted by atomic mass is 10.0. The molecule has 3 nitrogen and oxygen atoms in total. The fourth-order valence-corrected chi connectivity index (χ4v) is 2.19. The molecule has 0 saturated carbocycles. The fraction of sp³-hybridized carbons (Fsp3) is 0.625. The van der Waals surface area contributed by atoms with Gasteiger partial charge in [0.05, 0.1) is 7.11 Å². The Labute approximate surface area is 117 Å². The van der Waals surface area contributed by atoms with Gasteiger partial charge in [0, 0.05) is 12.6 Å². The van der Waals surface area contributed by atoms with Gasteiger partial charge in [-0.25, -0.2) is 0 Å². The third-order valence-corrected chi connectivity index (χ3v) is 3.58. The quantitative estimate of drug-likeness (QED) is 0.822. The molecule has 1 rings (SSSR count). The summed E-state index contributed by atoms with van der Waals surface area (Å²) < 4.78 is 5.35. The number of benzene rings is 1. The van der Waals surface area contributed by atoms with Gasteiger partial charge in [0.15, 0.2) is 0 Å². The molecule has 1 unspecified atom stereocenters. The van der Waals surface area contributed by atoms with Crippen LogP contribution in [-0.2, 0) is 6.42 Å². The summed E-state index contributed by atoms with van der Waals surface area (Å²) >= 11 is 0. The molecular formula is C16H28N2O. The van der Waals surface area contributed by atoms with E-state index in [0.29, 0.717) is 0 Å². The molecule has 0 aliphatic carbocycles. The number of hydrogen-bond donors (Lipinski definition) is 1. The van der Waals surface area contributed by atoms with E-state index in [9.17, 15) is 0 Å². The zero-order chi connectivity index (χ0) is 14.4. The molecule has 0 aliphatic heterocycles. The van der Waals surface area contributed by atoms with Gasteiger partial charge in [-0.3, -0.25) is 0 Å². The number of rotatable bonds is 7. The second-order valence-electron chi connectivity index (χ2n) is 5.57. The average molecular weight is 264 g/mol. The molecule has 2 N–H and O–H groups in total. The van der Waals surface area contributed by atoms with E-state index in [0.717, 1.165) is 31.7 Å². The summed E-state index contributed by atoms with van der Waals surface area (Å²) in [5.74, 6) is 0.978. The van der Waals surface area contributed by atoms with Crippen LogP contribution in [0.1, 0.15) is 30.0 Å². The van der Waals surface area contributed by atoms with E-state index in [1.807, 2.05) is 0 Å². The minimum absolute atomic E-state index is 0.285. The van der Waals surface area contributed by atoms with Crippen LogP contribution >= 0.6 is 0 Å². The van der Waals surface area contributed by atoms with Gasteiger partial charge in [0.1, 0.15) is 5.75 Å². The second-order valence-corrected chi connectivity index (χ2v) is 5.57. The minimum Gasteiger partial charge on any atom is -0.496 e. The molecule has 0 saturated heterocycles. The van der Waals surface area contributed by atoms with Crippen molar-refractivity contribution in [1.29, 1.82) is 0 Å². The predicted molar refractivity (Wildman–Crippen MR) is 81.9 cm³/mol. The van der Waals surface area contributed by atoms with Crippen LogP contribution in [0.2, 0.25) is 0 Å². The van der Waals surface area contributed by atoms with Crippen molar-refractivity contribution in [2.45, 2.75) is 39.7 Å². The van der Waals surface area contributed by atoms with E-state index in [-0.39, 0.29) is 6.04 Å². The minimum atomic E-state index is 0.285. The van der Waals surface area contributed by atoms with Gasteiger partial charge in [-0.2, -0.15) is 0 Å². The highest BCUT2D eigenvalue weighted by Gasteiger charge is 2.06. The largest absolute Gasteiger partial charge is 0.496 e. The first-order valence-electron chi connectivity index (χ1n) is 7.02. The maximum Gasteiger partial charge on any atom is 0.122 e. The molecule has 3 heteroatoms. The monoisotopic (exact) mass is 264 g/mol. The molecule has 0 radical (unpaired) electrons. The fourth-order valence-electron chi connectivity index (χ4n) is 2.19. The molecule has 0 heterocycles. The summed E-state index contributed by atoms with van der Waals surface area (Å²) in [4.78, 5) is 2.35. The van der Waals surface area contributed by atoms with Gasteiger partial charge in [-0.1, -0.05) is 6.07 Å². The lowest BCUT2D eigenvalue weighted by Gasteiger charge is -2.19. The Bertz CT molecular complexity index is 402. The van der Waals surface area contributed by atoms with Crippen molar-refractivity contribution in [3.63, 3.8) is 0 Å². The van der Waals surface area contributed by atoms with Crippen molar-refractivity contribution in [3.8, 4) is 5.75 Å². The molecule has 1 atom stereocenters. The van der Waals surface area contributed by atoms with Gasteiger partial charge in [-0.15, -0.1) is 0 Å². The lowest BCUT2D eigenvalue weighted by molar-refractivity contribution is 0.324. The summed E-state index contributed by atoms with van der Waals surface area (Å²) in [7, 11) is 3.89. The Balaban J connectivity index is 2.55. The SMILES string of the molecule is COc1cc(C)c(CCN(C)CCC(C)N)cc1C. The molecule has 0 fully saturated rings. The number of hydrogen-bond acceptors (Lipinski definition) is 3. The number of aryl methyl sites for hydroxylation is 2. The Morgan fingerprint density at radius 3 is 2.47 bits per heavy atom. The first-order valence-corrected chi connectivity index (χ1v) is 7.02. The summed E-state index contributed by atoms with van der Waals surface area (Å²) in [6.07, 6.45) is 2.13. The van der Waals surface area contributed by atoms with Crippen molar-refractivity contribution in [1.82, 2.24) is 4.90 Å². The average Bonchev–Trinajstić information content (AvgIpc) is 2.36. The highest BCUT2D eigenvalue weighted by atomic mass is 16.5. The smallest absolute Gasteiger partial charge is 0.122 e. The molecule has 0 bridgehead atoms. The highest BCUT2D eigenvalue weighted by Crippen LogP contribution is 2.22. The van der Waals surface area contributed by atoms with E-state index in [1.54, 1.807) is 7.11 Å². The Hall–Kier alpha value is -1.06. The van der Waals surface area contributed by atoms with Crippen molar-refractivity contribution < 1.29 is 4.74 Å². The number of nitrogens with two attached hydrogens (primary N) is 1. The molecule has 0 spiro atoms. The third kappa shape index (κ3) is 5.21. The first-order chi connectivity index (χ1) is 8.93. The van der Waals surface area contributed by atoms with Gasteiger partial charge >= 0.3 is 0 Å². The number of methoxy groups -OCH3 is 1. The van der Waals surface area contributed by atoms with Crippen LogP contribution in [0, 0.1) is 13.8 Å². The zero-order valence-electron chi connectivity index (χ0n) is 13.0. The van der Waals surface area contributed by atoms with E-state index < -0.39 is 0 Å². The van der Waals surface area contributed by atoms with E-state index in [1.165, 1.54) is 16.7 Å². The molecule has 108 valence electrons. The van der Waals surface area contributed by atoms with Gasteiger partial charge < -0.3 is 15.4 Å². The van der Waals surface area contributed by atoms with Crippen LogP contribution in [0.4, 0.5) is 0 Å². The van der Waals surface area contributed by atoms with Crippen LogP contribution in [-0.4, -0.2) is 38.2 Å². The maximum absolute atomic E-state index is 5.78.